The number of hydrogen-bond donors (Lipinski definition) is 2. The largest absolute Gasteiger partial charge is 0.480 e. The monoisotopic (exact) mass is 287 g/mol. The Balaban J connectivity index is 2.12. The molecule has 1 heterocycles. The highest BCUT2D eigenvalue weighted by molar-refractivity contribution is 7.90. The molecule has 8 heteroatoms. The van der Waals surface area contributed by atoms with Crippen molar-refractivity contribution in [2.45, 2.75) is 18.7 Å². The Morgan fingerprint density at radius 1 is 1.47 bits per heavy atom. The Labute approximate surface area is 110 Å². The first-order valence-electron chi connectivity index (χ1n) is 5.50. The number of para-hydroxylation sites is 1. The Morgan fingerprint density at radius 2 is 2.21 bits per heavy atom. The summed E-state index contributed by atoms with van der Waals surface area (Å²) in [6, 6.07) is 5.10. The van der Waals surface area contributed by atoms with Crippen LogP contribution in [0, 0.1) is 0 Å². The Hall–Kier alpha value is -1.80. The minimum absolute atomic E-state index is 0.0491. The van der Waals surface area contributed by atoms with Crippen LogP contribution in [-0.4, -0.2) is 31.5 Å². The van der Waals surface area contributed by atoms with Crippen LogP contribution in [0.4, 0.5) is 0 Å². The van der Waals surface area contributed by atoms with Gasteiger partial charge in [-0.1, -0.05) is 12.1 Å². The number of hydrogen-bond acceptors (Lipinski definition) is 5. The average molecular weight is 287 g/mol. The molecule has 1 aromatic rings. The van der Waals surface area contributed by atoms with E-state index in [1.165, 1.54) is 0 Å². The third-order valence-electron chi connectivity index (χ3n) is 2.76. The van der Waals surface area contributed by atoms with Crippen molar-refractivity contribution in [2.75, 3.05) is 6.79 Å². The molecule has 2 rings (SSSR count). The lowest BCUT2D eigenvalue weighted by Gasteiger charge is -2.11. The number of carboxylic acids is 1. The van der Waals surface area contributed by atoms with Crippen LogP contribution in [0.25, 0.3) is 0 Å². The number of carboxylic acid groups (broad SMARTS) is 1. The second-order valence-corrected chi connectivity index (χ2v) is 6.08. The molecule has 7 nitrogen and oxygen atoms in total. The first kappa shape index (κ1) is 13.6. The van der Waals surface area contributed by atoms with Crippen molar-refractivity contribution in [3.63, 3.8) is 0 Å². The fraction of sp³-hybridized carbons (Fsp3) is 0.364. The molecule has 0 saturated carbocycles. The van der Waals surface area contributed by atoms with Gasteiger partial charge in [0, 0.05) is 12.1 Å². The van der Waals surface area contributed by atoms with E-state index in [1.54, 1.807) is 18.2 Å². The number of nitrogens with one attached hydrogen (secondary N) is 1. The topological polar surface area (TPSA) is 102 Å². The third-order valence-corrected chi connectivity index (χ3v) is 4.43. The number of carbonyl (C=O) groups is 1. The molecule has 0 radical (unpaired) electrons. The predicted molar refractivity (Wildman–Crippen MR) is 65.4 cm³/mol. The van der Waals surface area contributed by atoms with E-state index in [-0.39, 0.29) is 13.3 Å². The molecule has 1 aliphatic heterocycles. The summed E-state index contributed by atoms with van der Waals surface area (Å²) in [5, 5.41) is 7.19. The second kappa shape index (κ2) is 5.06. The molecular weight excluding hydrogens is 274 g/mol. The van der Waals surface area contributed by atoms with Gasteiger partial charge in [0.25, 0.3) is 0 Å². The Bertz CT molecular complexity index is 597. The van der Waals surface area contributed by atoms with Gasteiger partial charge in [-0.3, -0.25) is 4.79 Å². The molecule has 0 bridgehead atoms. The van der Waals surface area contributed by atoms with Crippen molar-refractivity contribution in [2.24, 2.45) is 0 Å². The maximum absolute atomic E-state index is 11.7. The van der Waals surface area contributed by atoms with Crippen LogP contribution in [0.1, 0.15) is 12.5 Å². The van der Waals surface area contributed by atoms with E-state index in [1.807, 2.05) is 0 Å². The molecule has 0 spiro atoms. The van der Waals surface area contributed by atoms with E-state index >= 15 is 0 Å². The first-order valence-corrected chi connectivity index (χ1v) is 7.05. The molecule has 0 amide bonds. The van der Waals surface area contributed by atoms with Crippen LogP contribution in [0.15, 0.2) is 18.2 Å². The molecule has 1 unspecified atom stereocenters. The average Bonchev–Trinajstić information content (AvgIpc) is 2.83. The summed E-state index contributed by atoms with van der Waals surface area (Å²) >= 11 is 0. The van der Waals surface area contributed by atoms with Crippen LogP contribution < -0.4 is 14.2 Å². The zero-order chi connectivity index (χ0) is 14.0. The highest BCUT2D eigenvalue weighted by Crippen LogP contribution is 2.35. The molecule has 1 aliphatic rings. The van der Waals surface area contributed by atoms with E-state index in [0.717, 1.165) is 6.92 Å². The highest BCUT2D eigenvalue weighted by atomic mass is 32.2. The van der Waals surface area contributed by atoms with Crippen LogP contribution in [0.2, 0.25) is 0 Å². The molecule has 0 aromatic heterocycles. The summed E-state index contributed by atoms with van der Waals surface area (Å²) in [7, 11) is -3.92. The van der Waals surface area contributed by atoms with Gasteiger partial charge in [-0.2, -0.15) is 0 Å². The summed E-state index contributed by atoms with van der Waals surface area (Å²) in [4.78, 5) is 10.7. The molecule has 19 heavy (non-hydrogen) atoms. The Kier molecular flexibility index (Phi) is 3.63. The van der Waals surface area contributed by atoms with Gasteiger partial charge in [-0.15, -0.1) is 0 Å². The number of rotatable bonds is 5. The summed E-state index contributed by atoms with van der Waals surface area (Å²) in [6.45, 7) is 1.15. The zero-order valence-corrected chi connectivity index (χ0v) is 10.9. The molecule has 2 N–H and O–H groups in total. The normalized spacial score (nSPS) is 15.2. The number of fused-ring (bicyclic) bond motifs is 1. The predicted octanol–water partition coefficient (Wildman–Crippen LogP) is 0.308. The van der Waals surface area contributed by atoms with Gasteiger partial charge in [0.1, 0.15) is 0 Å². The van der Waals surface area contributed by atoms with E-state index in [0.29, 0.717) is 17.1 Å². The van der Waals surface area contributed by atoms with Crippen molar-refractivity contribution in [3.05, 3.63) is 23.8 Å². The maximum atomic E-state index is 11.7. The molecular formula is C11H13NO6S. The summed E-state index contributed by atoms with van der Waals surface area (Å²) in [5.74, 6) is -0.374. The van der Waals surface area contributed by atoms with Crippen molar-refractivity contribution >= 4 is 16.0 Å². The van der Waals surface area contributed by atoms with Gasteiger partial charge < -0.3 is 14.6 Å². The zero-order valence-electron chi connectivity index (χ0n) is 10.1. The number of sulfonamides is 1. The molecule has 104 valence electrons. The SMILES string of the molecule is CC(C(=O)O)S(=O)(=O)NCc1cccc2c1OCO2. The van der Waals surface area contributed by atoms with Gasteiger partial charge in [-0.25, -0.2) is 13.1 Å². The fourth-order valence-electron chi connectivity index (χ4n) is 1.57. The van der Waals surface area contributed by atoms with Crippen molar-refractivity contribution in [1.82, 2.24) is 4.72 Å². The maximum Gasteiger partial charge on any atom is 0.323 e. The molecule has 1 aromatic carbocycles. The van der Waals surface area contributed by atoms with E-state index in [9.17, 15) is 13.2 Å². The van der Waals surface area contributed by atoms with Crippen molar-refractivity contribution in [3.8, 4) is 11.5 Å². The summed E-state index contributed by atoms with van der Waals surface area (Å²) < 4.78 is 36.0. The van der Waals surface area contributed by atoms with E-state index in [4.69, 9.17) is 14.6 Å². The molecule has 0 saturated heterocycles. The van der Waals surface area contributed by atoms with Crippen LogP contribution in [0.3, 0.4) is 0 Å². The quantitative estimate of drug-likeness (QED) is 0.808. The lowest BCUT2D eigenvalue weighted by atomic mass is 10.2. The van der Waals surface area contributed by atoms with Gasteiger partial charge in [0.2, 0.25) is 16.8 Å². The smallest absolute Gasteiger partial charge is 0.323 e. The number of benzene rings is 1. The number of aliphatic carboxylic acids is 1. The standard InChI is InChI=1S/C11H13NO6S/c1-7(11(13)14)19(15,16)12-5-8-3-2-4-9-10(8)18-6-17-9/h2-4,7,12H,5-6H2,1H3,(H,13,14). The molecule has 1 atom stereocenters. The van der Waals surface area contributed by atoms with Gasteiger partial charge in [0.05, 0.1) is 0 Å². The fourth-order valence-corrected chi connectivity index (χ4v) is 2.44. The van der Waals surface area contributed by atoms with Crippen molar-refractivity contribution in [1.29, 1.82) is 0 Å². The Morgan fingerprint density at radius 3 is 2.89 bits per heavy atom. The van der Waals surface area contributed by atoms with Crippen molar-refractivity contribution < 1.29 is 27.8 Å². The van der Waals surface area contributed by atoms with Crippen LogP contribution in [-0.2, 0) is 21.4 Å². The highest BCUT2D eigenvalue weighted by Gasteiger charge is 2.28. The van der Waals surface area contributed by atoms with E-state index in [2.05, 4.69) is 4.72 Å². The molecule has 0 fully saturated rings. The minimum atomic E-state index is -3.92. The van der Waals surface area contributed by atoms with Gasteiger partial charge >= 0.3 is 5.97 Å². The lowest BCUT2D eigenvalue weighted by molar-refractivity contribution is -0.136. The van der Waals surface area contributed by atoms with Crippen LogP contribution in [0.5, 0.6) is 11.5 Å². The summed E-state index contributed by atoms with van der Waals surface area (Å²) in [6.07, 6.45) is 0. The van der Waals surface area contributed by atoms with E-state index < -0.39 is 21.2 Å². The van der Waals surface area contributed by atoms with Gasteiger partial charge in [0.15, 0.2) is 16.7 Å². The van der Waals surface area contributed by atoms with Gasteiger partial charge in [-0.05, 0) is 13.0 Å². The second-order valence-electron chi connectivity index (χ2n) is 4.00. The minimum Gasteiger partial charge on any atom is -0.480 e. The summed E-state index contributed by atoms with van der Waals surface area (Å²) in [5.41, 5.74) is 0.594. The molecule has 0 aliphatic carbocycles. The first-order chi connectivity index (χ1) is 8.92. The lowest BCUT2D eigenvalue weighted by Crippen LogP contribution is -2.37. The van der Waals surface area contributed by atoms with Crippen LogP contribution >= 0.6 is 0 Å². The number of ether oxygens (including phenoxy) is 2. The third kappa shape index (κ3) is 2.79.